The Morgan fingerprint density at radius 2 is 0.862 bits per heavy atom. The number of hydrogen-bond donors (Lipinski definition) is 0. The summed E-state index contributed by atoms with van der Waals surface area (Å²) >= 11 is 0. The van der Waals surface area contributed by atoms with Crippen molar-refractivity contribution in [3.05, 3.63) is 235 Å². The molecule has 11 rings (SSSR count). The minimum absolute atomic E-state index is 0.395. The molecule has 0 bridgehead atoms. The van der Waals surface area contributed by atoms with Crippen LogP contribution in [0.25, 0.3) is 66.4 Å². The lowest BCUT2D eigenvalue weighted by Crippen LogP contribution is -2.22. The number of hydrogen-bond acceptors (Lipinski definition) is 2. The number of anilines is 3. The zero-order valence-corrected chi connectivity index (χ0v) is 32.1. The summed E-state index contributed by atoms with van der Waals surface area (Å²) in [7, 11) is 0. The lowest BCUT2D eigenvalue weighted by molar-refractivity contribution is 0.638. The second-order valence-electron chi connectivity index (χ2n) is 15.4. The number of nitrogens with zero attached hydrogens (tertiary/aromatic N) is 1. The van der Waals surface area contributed by atoms with Gasteiger partial charge in [-0.3, -0.25) is 0 Å². The van der Waals surface area contributed by atoms with Crippen LogP contribution in [-0.2, 0) is 5.41 Å². The van der Waals surface area contributed by atoms with Crippen LogP contribution in [-0.4, -0.2) is 0 Å². The molecule has 0 saturated carbocycles. The molecule has 2 nitrogen and oxygen atoms in total. The van der Waals surface area contributed by atoms with E-state index in [1.165, 1.54) is 50.1 Å². The van der Waals surface area contributed by atoms with Crippen LogP contribution >= 0.6 is 0 Å². The lowest BCUT2D eigenvalue weighted by atomic mass is 9.73. The largest absolute Gasteiger partial charge is 0.456 e. The van der Waals surface area contributed by atoms with E-state index in [1.807, 2.05) is 0 Å². The molecule has 1 aliphatic rings. The Labute approximate surface area is 338 Å². The van der Waals surface area contributed by atoms with Crippen molar-refractivity contribution in [2.24, 2.45) is 0 Å². The summed E-state index contributed by atoms with van der Waals surface area (Å²) in [5.74, 6) is 0. The first kappa shape index (κ1) is 33.9. The standard InChI is InChI=1S/C56H39NO/c1-56(50-24-11-8-21-47(50)48-22-9-12-25-51(48)56)52-36-35-46(54-49-23-10-13-26-53(49)58-55(52)54)42-19-14-20-45(37-42)57(43-31-27-40(28-32-43)38-15-4-2-5-16-38)44-33-29-41(30-34-44)39-17-6-3-7-18-39/h2-37H,1H3. The van der Waals surface area contributed by atoms with Crippen molar-refractivity contribution in [2.45, 2.75) is 12.3 Å². The maximum atomic E-state index is 6.95. The molecule has 1 aliphatic carbocycles. The molecular weight excluding hydrogens is 703 g/mol. The average Bonchev–Trinajstić information content (AvgIpc) is 3.81. The van der Waals surface area contributed by atoms with E-state index in [2.05, 4.69) is 230 Å². The molecule has 0 aliphatic heterocycles. The number of rotatable bonds is 7. The van der Waals surface area contributed by atoms with Crippen LogP contribution < -0.4 is 4.90 Å². The number of benzene rings is 9. The van der Waals surface area contributed by atoms with Gasteiger partial charge in [-0.1, -0.05) is 176 Å². The van der Waals surface area contributed by atoms with E-state index < -0.39 is 5.41 Å². The third kappa shape index (κ3) is 5.41. The molecule has 1 aromatic heterocycles. The summed E-state index contributed by atoms with van der Waals surface area (Å²) in [6, 6.07) is 78.7. The fourth-order valence-corrected chi connectivity index (χ4v) is 9.33. The fourth-order valence-electron chi connectivity index (χ4n) is 9.33. The van der Waals surface area contributed by atoms with Crippen LogP contribution in [0.4, 0.5) is 17.1 Å². The van der Waals surface area contributed by atoms with Crippen molar-refractivity contribution in [1.82, 2.24) is 0 Å². The van der Waals surface area contributed by atoms with Gasteiger partial charge in [0.1, 0.15) is 11.2 Å². The Balaban J connectivity index is 1.08. The topological polar surface area (TPSA) is 16.4 Å². The van der Waals surface area contributed by atoms with Crippen LogP contribution in [0, 0.1) is 0 Å². The van der Waals surface area contributed by atoms with Gasteiger partial charge in [0.05, 0.1) is 0 Å². The molecule has 58 heavy (non-hydrogen) atoms. The average molecular weight is 742 g/mol. The summed E-state index contributed by atoms with van der Waals surface area (Å²) in [6.45, 7) is 2.37. The van der Waals surface area contributed by atoms with Crippen LogP contribution in [0.15, 0.2) is 223 Å². The predicted molar refractivity (Wildman–Crippen MR) is 242 cm³/mol. The quantitative estimate of drug-likeness (QED) is 0.162. The van der Waals surface area contributed by atoms with Crippen molar-refractivity contribution in [2.75, 3.05) is 4.90 Å². The fraction of sp³-hybridized carbons (Fsp3) is 0.0357. The number of fused-ring (bicyclic) bond motifs is 6. The second-order valence-corrected chi connectivity index (χ2v) is 15.4. The van der Waals surface area contributed by atoms with Crippen LogP contribution in [0.2, 0.25) is 0 Å². The Hall–Kier alpha value is -7.42. The maximum absolute atomic E-state index is 6.95. The Morgan fingerprint density at radius 1 is 0.362 bits per heavy atom. The number of para-hydroxylation sites is 1. The minimum atomic E-state index is -0.395. The first-order chi connectivity index (χ1) is 28.6. The van der Waals surface area contributed by atoms with Gasteiger partial charge in [-0.15, -0.1) is 0 Å². The Kier molecular flexibility index (Phi) is 7.97. The molecule has 0 spiro atoms. The molecule has 1 heterocycles. The van der Waals surface area contributed by atoms with E-state index in [-0.39, 0.29) is 0 Å². The number of furan rings is 1. The van der Waals surface area contributed by atoms with E-state index >= 15 is 0 Å². The van der Waals surface area contributed by atoms with Gasteiger partial charge < -0.3 is 9.32 Å². The van der Waals surface area contributed by atoms with Crippen molar-refractivity contribution in [1.29, 1.82) is 0 Å². The van der Waals surface area contributed by atoms with Gasteiger partial charge in [-0.2, -0.15) is 0 Å². The van der Waals surface area contributed by atoms with E-state index in [0.717, 1.165) is 50.1 Å². The molecule has 2 heteroatoms. The predicted octanol–water partition coefficient (Wildman–Crippen LogP) is 15.4. The summed E-state index contributed by atoms with van der Waals surface area (Å²) < 4.78 is 6.95. The van der Waals surface area contributed by atoms with Gasteiger partial charge in [-0.25, -0.2) is 0 Å². The normalized spacial score (nSPS) is 12.7. The first-order valence-corrected chi connectivity index (χ1v) is 20.0. The molecule has 274 valence electrons. The van der Waals surface area contributed by atoms with Crippen LogP contribution in [0.1, 0.15) is 23.6 Å². The molecule has 0 unspecified atom stereocenters. The molecule has 9 aromatic carbocycles. The highest BCUT2D eigenvalue weighted by Crippen LogP contribution is 2.55. The molecule has 0 saturated heterocycles. The SMILES string of the molecule is CC1(c2ccc(-c3cccc(N(c4ccc(-c5ccccc5)cc4)c4ccc(-c5ccccc5)cc4)c3)c3c2oc2ccccc23)c2ccccc2-c2ccccc21. The third-order valence-corrected chi connectivity index (χ3v) is 12.2. The summed E-state index contributed by atoms with van der Waals surface area (Å²) in [4.78, 5) is 2.36. The zero-order valence-electron chi connectivity index (χ0n) is 32.1. The van der Waals surface area contributed by atoms with Gasteiger partial charge in [0.2, 0.25) is 0 Å². The molecular formula is C56H39NO. The van der Waals surface area contributed by atoms with Gasteiger partial charge in [0.25, 0.3) is 0 Å². The summed E-state index contributed by atoms with van der Waals surface area (Å²) in [6.07, 6.45) is 0. The van der Waals surface area contributed by atoms with E-state index in [4.69, 9.17) is 4.42 Å². The van der Waals surface area contributed by atoms with Crippen LogP contribution in [0.3, 0.4) is 0 Å². The Bertz CT molecular complexity index is 2980. The first-order valence-electron chi connectivity index (χ1n) is 20.0. The smallest absolute Gasteiger partial charge is 0.140 e. The van der Waals surface area contributed by atoms with Gasteiger partial charge >= 0.3 is 0 Å². The van der Waals surface area contributed by atoms with Crippen LogP contribution in [0.5, 0.6) is 0 Å². The molecule has 0 atom stereocenters. The zero-order chi connectivity index (χ0) is 38.6. The van der Waals surface area contributed by atoms with Crippen molar-refractivity contribution in [3.63, 3.8) is 0 Å². The van der Waals surface area contributed by atoms with Gasteiger partial charge in [-0.05, 0) is 105 Å². The monoisotopic (exact) mass is 741 g/mol. The second kappa shape index (κ2) is 13.7. The molecule has 0 amide bonds. The van der Waals surface area contributed by atoms with Crippen molar-refractivity contribution >= 4 is 39.0 Å². The van der Waals surface area contributed by atoms with E-state index in [1.54, 1.807) is 0 Å². The lowest BCUT2D eigenvalue weighted by Gasteiger charge is -2.29. The van der Waals surface area contributed by atoms with Crippen molar-refractivity contribution < 1.29 is 4.42 Å². The van der Waals surface area contributed by atoms with Gasteiger partial charge in [0.15, 0.2) is 0 Å². The highest BCUT2D eigenvalue weighted by molar-refractivity contribution is 6.14. The van der Waals surface area contributed by atoms with E-state index in [9.17, 15) is 0 Å². The third-order valence-electron chi connectivity index (χ3n) is 12.2. The highest BCUT2D eigenvalue weighted by Gasteiger charge is 2.42. The minimum Gasteiger partial charge on any atom is -0.456 e. The molecule has 0 radical (unpaired) electrons. The van der Waals surface area contributed by atoms with Crippen molar-refractivity contribution in [3.8, 4) is 44.5 Å². The summed E-state index contributed by atoms with van der Waals surface area (Å²) in [5, 5.41) is 2.26. The molecule has 10 aromatic rings. The highest BCUT2D eigenvalue weighted by atomic mass is 16.3. The maximum Gasteiger partial charge on any atom is 0.140 e. The van der Waals surface area contributed by atoms with Gasteiger partial charge in [0, 0.05) is 38.8 Å². The summed E-state index contributed by atoms with van der Waals surface area (Å²) in [5.41, 5.74) is 18.1. The molecule has 0 fully saturated rings. The van der Waals surface area contributed by atoms with E-state index in [0.29, 0.717) is 0 Å². The molecule has 0 N–H and O–H groups in total. The Morgan fingerprint density at radius 3 is 1.47 bits per heavy atom.